The van der Waals surface area contributed by atoms with Crippen LogP contribution in [-0.2, 0) is 4.79 Å². The van der Waals surface area contributed by atoms with Gasteiger partial charge in [0.15, 0.2) is 5.37 Å². The number of aryl methyl sites for hydroxylation is 1. The number of rotatable bonds is 3. The molecule has 1 N–H and O–H groups in total. The van der Waals surface area contributed by atoms with Crippen molar-refractivity contribution in [3.8, 4) is 0 Å². The zero-order chi connectivity index (χ0) is 15.7. The van der Waals surface area contributed by atoms with Crippen LogP contribution in [0.4, 0.5) is 20.6 Å². The fourth-order valence-electron chi connectivity index (χ4n) is 2.16. The lowest BCUT2D eigenvalue weighted by Gasteiger charge is -2.15. The second kappa shape index (κ2) is 5.81. The van der Waals surface area contributed by atoms with Crippen molar-refractivity contribution in [2.45, 2.75) is 12.3 Å². The van der Waals surface area contributed by atoms with Crippen molar-refractivity contribution in [1.82, 2.24) is 0 Å². The number of hydrogen-bond acceptors (Lipinski definition) is 4. The summed E-state index contributed by atoms with van der Waals surface area (Å²) >= 11 is 0.885. The van der Waals surface area contributed by atoms with Crippen LogP contribution in [0, 0.1) is 12.7 Å². The number of imide groups is 1. The molecule has 4 nitrogen and oxygen atoms in total. The van der Waals surface area contributed by atoms with Gasteiger partial charge in [-0.3, -0.25) is 9.59 Å². The van der Waals surface area contributed by atoms with Crippen molar-refractivity contribution < 1.29 is 14.0 Å². The third-order valence-electron chi connectivity index (χ3n) is 3.26. The number of carbonyl (C=O) groups is 2. The van der Waals surface area contributed by atoms with Crippen molar-refractivity contribution in [2.24, 2.45) is 0 Å². The third kappa shape index (κ3) is 2.82. The Kier molecular flexibility index (Phi) is 3.85. The average Bonchev–Trinajstić information content (AvgIpc) is 2.75. The van der Waals surface area contributed by atoms with E-state index < -0.39 is 11.2 Å². The average molecular weight is 316 g/mol. The lowest BCUT2D eigenvalue weighted by Crippen LogP contribution is -2.34. The first-order valence-electron chi connectivity index (χ1n) is 6.68. The maximum Gasteiger partial charge on any atom is 0.295 e. The largest absolute Gasteiger partial charge is 0.365 e. The molecule has 2 aromatic carbocycles. The van der Waals surface area contributed by atoms with Crippen LogP contribution in [0.2, 0.25) is 0 Å². The number of hydrogen-bond donors (Lipinski definition) is 1. The molecule has 3 rings (SSSR count). The summed E-state index contributed by atoms with van der Waals surface area (Å²) in [7, 11) is 0. The molecule has 1 aliphatic rings. The van der Waals surface area contributed by atoms with Gasteiger partial charge in [-0.1, -0.05) is 23.8 Å². The molecule has 2 amide bonds. The number of thioether (sulfide) groups is 1. The van der Waals surface area contributed by atoms with E-state index in [1.54, 1.807) is 24.3 Å². The topological polar surface area (TPSA) is 49.4 Å². The van der Waals surface area contributed by atoms with E-state index in [0.717, 1.165) is 22.2 Å². The monoisotopic (exact) mass is 316 g/mol. The molecule has 1 fully saturated rings. The number of benzene rings is 2. The van der Waals surface area contributed by atoms with E-state index in [9.17, 15) is 14.0 Å². The Hall–Kier alpha value is -2.34. The Morgan fingerprint density at radius 2 is 1.86 bits per heavy atom. The first-order chi connectivity index (χ1) is 10.5. The summed E-state index contributed by atoms with van der Waals surface area (Å²) in [5.41, 5.74) is 2.05. The van der Waals surface area contributed by atoms with Gasteiger partial charge in [0, 0.05) is 5.69 Å². The maximum atomic E-state index is 13.2. The van der Waals surface area contributed by atoms with Crippen LogP contribution in [0.15, 0.2) is 48.5 Å². The molecule has 0 spiro atoms. The van der Waals surface area contributed by atoms with Gasteiger partial charge in [-0.05, 0) is 49.0 Å². The van der Waals surface area contributed by atoms with Crippen molar-refractivity contribution in [2.75, 3.05) is 10.2 Å². The van der Waals surface area contributed by atoms with Crippen LogP contribution < -0.4 is 10.2 Å². The van der Waals surface area contributed by atoms with E-state index in [1.807, 2.05) is 19.1 Å². The summed E-state index contributed by atoms with van der Waals surface area (Å²) in [4.78, 5) is 25.7. The summed E-state index contributed by atoms with van der Waals surface area (Å²) in [5.74, 6) is -0.759. The van der Waals surface area contributed by atoms with E-state index in [1.165, 1.54) is 12.1 Å². The molecule has 2 aromatic rings. The van der Waals surface area contributed by atoms with Crippen LogP contribution in [0.25, 0.3) is 0 Å². The summed E-state index contributed by atoms with van der Waals surface area (Å²) in [5, 5.41) is 1.79. The maximum absolute atomic E-state index is 13.2. The first kappa shape index (κ1) is 14.6. The standard InChI is InChI=1S/C16H13FN2O2S/c1-10-5-7-13(8-6-10)19-15(20)14(22-16(19)21)18-12-4-2-3-11(17)9-12/h2-9,14,18H,1H3/t14-/m1/s1. The summed E-state index contributed by atoms with van der Waals surface area (Å²) < 4.78 is 13.2. The van der Waals surface area contributed by atoms with Crippen LogP contribution in [-0.4, -0.2) is 16.5 Å². The Labute approximate surface area is 131 Å². The summed E-state index contributed by atoms with van der Waals surface area (Å²) in [6.45, 7) is 1.93. The van der Waals surface area contributed by atoms with Crippen molar-refractivity contribution in [1.29, 1.82) is 0 Å². The minimum Gasteiger partial charge on any atom is -0.365 e. The highest BCUT2D eigenvalue weighted by Gasteiger charge is 2.40. The second-order valence-corrected chi connectivity index (χ2v) is 5.98. The zero-order valence-electron chi connectivity index (χ0n) is 11.7. The first-order valence-corrected chi connectivity index (χ1v) is 7.56. The molecule has 1 atom stereocenters. The smallest absolute Gasteiger partial charge is 0.295 e. The van der Waals surface area contributed by atoms with Gasteiger partial charge in [-0.15, -0.1) is 0 Å². The number of amides is 2. The molecule has 0 radical (unpaired) electrons. The minimum atomic E-state index is -0.754. The molecule has 0 bridgehead atoms. The molecular formula is C16H13FN2O2S. The van der Waals surface area contributed by atoms with E-state index in [2.05, 4.69) is 5.32 Å². The van der Waals surface area contributed by atoms with Crippen molar-refractivity contribution >= 4 is 34.3 Å². The molecule has 6 heteroatoms. The summed E-state index contributed by atoms with van der Waals surface area (Å²) in [6.07, 6.45) is 0. The van der Waals surface area contributed by atoms with Gasteiger partial charge in [0.1, 0.15) is 5.82 Å². The minimum absolute atomic E-state index is 0.345. The molecular weight excluding hydrogens is 303 g/mol. The Morgan fingerprint density at radius 3 is 2.55 bits per heavy atom. The van der Waals surface area contributed by atoms with E-state index in [-0.39, 0.29) is 11.1 Å². The van der Waals surface area contributed by atoms with E-state index in [0.29, 0.717) is 11.4 Å². The molecule has 22 heavy (non-hydrogen) atoms. The van der Waals surface area contributed by atoms with E-state index >= 15 is 0 Å². The Morgan fingerprint density at radius 1 is 1.14 bits per heavy atom. The number of halogens is 1. The molecule has 112 valence electrons. The number of carbonyl (C=O) groups excluding carboxylic acids is 2. The Balaban J connectivity index is 1.81. The second-order valence-electron chi connectivity index (χ2n) is 4.93. The molecule has 1 heterocycles. The lowest BCUT2D eigenvalue weighted by molar-refractivity contribution is -0.116. The predicted octanol–water partition coefficient (Wildman–Crippen LogP) is 3.77. The van der Waals surface area contributed by atoms with Crippen LogP contribution in [0.1, 0.15) is 5.56 Å². The molecule has 1 aliphatic heterocycles. The van der Waals surface area contributed by atoms with Gasteiger partial charge >= 0.3 is 0 Å². The molecule has 0 saturated carbocycles. The molecule has 0 aliphatic carbocycles. The fourth-order valence-corrected chi connectivity index (χ4v) is 3.06. The Bertz CT molecular complexity index is 733. The van der Waals surface area contributed by atoms with Crippen molar-refractivity contribution in [3.05, 3.63) is 59.9 Å². The van der Waals surface area contributed by atoms with Gasteiger partial charge in [0.05, 0.1) is 5.69 Å². The van der Waals surface area contributed by atoms with Crippen LogP contribution in [0.3, 0.4) is 0 Å². The number of anilines is 2. The third-order valence-corrected chi connectivity index (χ3v) is 4.20. The summed E-state index contributed by atoms with van der Waals surface area (Å²) in [6, 6.07) is 12.9. The number of nitrogens with zero attached hydrogens (tertiary/aromatic N) is 1. The molecule has 0 aromatic heterocycles. The highest BCUT2D eigenvalue weighted by molar-refractivity contribution is 8.16. The van der Waals surface area contributed by atoms with Gasteiger partial charge < -0.3 is 5.32 Å². The molecule has 1 saturated heterocycles. The van der Waals surface area contributed by atoms with Gasteiger partial charge in [-0.2, -0.15) is 0 Å². The fraction of sp³-hybridized carbons (Fsp3) is 0.125. The SMILES string of the molecule is Cc1ccc(N2C(=O)S[C@@H](Nc3cccc(F)c3)C2=O)cc1. The normalized spacial score (nSPS) is 17.9. The lowest BCUT2D eigenvalue weighted by atomic mass is 10.2. The van der Waals surface area contributed by atoms with Gasteiger partial charge in [0.2, 0.25) is 0 Å². The highest BCUT2D eigenvalue weighted by Crippen LogP contribution is 2.32. The molecule has 0 unspecified atom stereocenters. The zero-order valence-corrected chi connectivity index (χ0v) is 12.6. The predicted molar refractivity (Wildman–Crippen MR) is 85.5 cm³/mol. The van der Waals surface area contributed by atoms with Crippen LogP contribution >= 0.6 is 11.8 Å². The van der Waals surface area contributed by atoms with Gasteiger partial charge in [0.25, 0.3) is 11.1 Å². The van der Waals surface area contributed by atoms with Crippen molar-refractivity contribution in [3.63, 3.8) is 0 Å². The quantitative estimate of drug-likeness (QED) is 0.936. The highest BCUT2D eigenvalue weighted by atomic mass is 32.2. The van der Waals surface area contributed by atoms with Gasteiger partial charge in [-0.25, -0.2) is 9.29 Å². The number of nitrogens with one attached hydrogen (secondary N) is 1. The van der Waals surface area contributed by atoms with Crippen LogP contribution in [0.5, 0.6) is 0 Å². The van der Waals surface area contributed by atoms with E-state index in [4.69, 9.17) is 0 Å².